The minimum Gasteiger partial charge on any atom is -0.396 e. The van der Waals surface area contributed by atoms with E-state index in [2.05, 4.69) is 10.3 Å². The predicted octanol–water partition coefficient (Wildman–Crippen LogP) is 2.31. The van der Waals surface area contributed by atoms with Crippen LogP contribution in [0, 0.1) is 5.41 Å². The number of nitrogens with one attached hydrogen (secondary N) is 2. The van der Waals surface area contributed by atoms with Crippen molar-refractivity contribution in [2.24, 2.45) is 5.41 Å². The lowest BCUT2D eigenvalue weighted by Crippen LogP contribution is -2.34. The van der Waals surface area contributed by atoms with E-state index < -0.39 is 0 Å². The zero-order valence-electron chi connectivity index (χ0n) is 11.4. The van der Waals surface area contributed by atoms with Crippen LogP contribution in [0.15, 0.2) is 30.5 Å². The second kappa shape index (κ2) is 5.45. The van der Waals surface area contributed by atoms with E-state index in [1.807, 2.05) is 44.3 Å². The number of aromatic nitrogens is 1. The van der Waals surface area contributed by atoms with Crippen LogP contribution in [0.1, 0.15) is 30.6 Å². The van der Waals surface area contributed by atoms with Gasteiger partial charge in [-0.1, -0.05) is 13.8 Å². The molecular weight excluding hydrogens is 240 g/mol. The first kappa shape index (κ1) is 13.6. The first-order valence-electron chi connectivity index (χ1n) is 6.48. The van der Waals surface area contributed by atoms with E-state index in [9.17, 15) is 4.79 Å². The number of H-pyrrole nitrogens is 1. The lowest BCUT2D eigenvalue weighted by atomic mass is 9.89. The number of hydrogen-bond donors (Lipinski definition) is 3. The van der Waals surface area contributed by atoms with Crippen LogP contribution >= 0.6 is 0 Å². The molecular formula is C15H20N2O2. The van der Waals surface area contributed by atoms with Crippen LogP contribution in [0.25, 0.3) is 10.9 Å². The molecule has 0 aliphatic heterocycles. The van der Waals surface area contributed by atoms with E-state index in [0.29, 0.717) is 18.5 Å². The van der Waals surface area contributed by atoms with Crippen LogP contribution in [-0.4, -0.2) is 29.1 Å². The summed E-state index contributed by atoms with van der Waals surface area (Å²) in [6.45, 7) is 4.74. The number of amides is 1. The maximum Gasteiger partial charge on any atom is 0.251 e. The van der Waals surface area contributed by atoms with Crippen LogP contribution in [0.4, 0.5) is 0 Å². The third-order valence-electron chi connectivity index (χ3n) is 3.33. The molecule has 0 spiro atoms. The van der Waals surface area contributed by atoms with Gasteiger partial charge in [-0.05, 0) is 36.1 Å². The van der Waals surface area contributed by atoms with Gasteiger partial charge in [0.05, 0.1) is 0 Å². The van der Waals surface area contributed by atoms with E-state index in [1.165, 1.54) is 0 Å². The number of benzene rings is 1. The zero-order chi connectivity index (χ0) is 13.9. The number of aliphatic hydroxyl groups excluding tert-OH is 1. The summed E-state index contributed by atoms with van der Waals surface area (Å²) in [4.78, 5) is 15.2. The highest BCUT2D eigenvalue weighted by Crippen LogP contribution is 2.19. The molecule has 19 heavy (non-hydrogen) atoms. The van der Waals surface area contributed by atoms with Crippen LogP contribution in [0.3, 0.4) is 0 Å². The van der Waals surface area contributed by atoms with Gasteiger partial charge in [0.2, 0.25) is 0 Å². The molecule has 2 rings (SSSR count). The smallest absolute Gasteiger partial charge is 0.251 e. The maximum atomic E-state index is 12.1. The Morgan fingerprint density at radius 2 is 2.16 bits per heavy atom. The van der Waals surface area contributed by atoms with Crippen molar-refractivity contribution < 1.29 is 9.90 Å². The fourth-order valence-corrected chi connectivity index (χ4v) is 2.01. The van der Waals surface area contributed by atoms with Gasteiger partial charge in [-0.3, -0.25) is 4.79 Å². The molecule has 1 amide bonds. The third kappa shape index (κ3) is 3.35. The topological polar surface area (TPSA) is 65.1 Å². The van der Waals surface area contributed by atoms with Gasteiger partial charge in [0.1, 0.15) is 0 Å². The van der Waals surface area contributed by atoms with Crippen LogP contribution < -0.4 is 5.32 Å². The van der Waals surface area contributed by atoms with Crippen molar-refractivity contribution in [3.05, 3.63) is 36.0 Å². The quantitative estimate of drug-likeness (QED) is 0.772. The molecule has 1 heterocycles. The second-order valence-corrected chi connectivity index (χ2v) is 5.60. The van der Waals surface area contributed by atoms with E-state index in [0.717, 1.165) is 10.9 Å². The number of carbonyl (C=O) groups is 1. The van der Waals surface area contributed by atoms with Gasteiger partial charge < -0.3 is 15.4 Å². The molecule has 0 radical (unpaired) electrons. The Balaban J connectivity index is 2.03. The van der Waals surface area contributed by atoms with Crippen molar-refractivity contribution in [3.8, 4) is 0 Å². The summed E-state index contributed by atoms with van der Waals surface area (Å²) in [5.41, 5.74) is 1.59. The van der Waals surface area contributed by atoms with Crippen molar-refractivity contribution >= 4 is 16.8 Å². The number of fused-ring (bicyclic) bond motifs is 1. The highest BCUT2D eigenvalue weighted by Gasteiger charge is 2.18. The monoisotopic (exact) mass is 260 g/mol. The number of aliphatic hydroxyl groups is 1. The number of carbonyl (C=O) groups excluding carboxylic acids is 1. The molecule has 4 nitrogen and oxygen atoms in total. The summed E-state index contributed by atoms with van der Waals surface area (Å²) >= 11 is 0. The van der Waals surface area contributed by atoms with Crippen molar-refractivity contribution in [2.45, 2.75) is 20.3 Å². The molecule has 0 aliphatic rings. The van der Waals surface area contributed by atoms with Gasteiger partial charge >= 0.3 is 0 Å². The Hall–Kier alpha value is -1.81. The number of hydrogen-bond acceptors (Lipinski definition) is 2. The lowest BCUT2D eigenvalue weighted by molar-refractivity contribution is 0.0928. The summed E-state index contributed by atoms with van der Waals surface area (Å²) in [6, 6.07) is 7.54. The highest BCUT2D eigenvalue weighted by atomic mass is 16.3. The van der Waals surface area contributed by atoms with E-state index in [4.69, 9.17) is 5.11 Å². The summed E-state index contributed by atoms with van der Waals surface area (Å²) < 4.78 is 0. The Labute approximate surface area is 112 Å². The Morgan fingerprint density at radius 1 is 1.37 bits per heavy atom. The van der Waals surface area contributed by atoms with Gasteiger partial charge in [0, 0.05) is 35.8 Å². The lowest BCUT2D eigenvalue weighted by Gasteiger charge is -2.23. The van der Waals surface area contributed by atoms with E-state index in [-0.39, 0.29) is 17.9 Å². The summed E-state index contributed by atoms with van der Waals surface area (Å²) in [6.07, 6.45) is 2.53. The molecule has 1 aromatic heterocycles. The molecule has 0 saturated heterocycles. The highest BCUT2D eigenvalue weighted by molar-refractivity contribution is 5.98. The van der Waals surface area contributed by atoms with E-state index >= 15 is 0 Å². The molecule has 102 valence electrons. The molecule has 4 heteroatoms. The first-order chi connectivity index (χ1) is 9.02. The largest absolute Gasteiger partial charge is 0.396 e. The van der Waals surface area contributed by atoms with Crippen LogP contribution in [-0.2, 0) is 0 Å². The third-order valence-corrected chi connectivity index (χ3v) is 3.33. The zero-order valence-corrected chi connectivity index (χ0v) is 11.4. The minimum atomic E-state index is -0.0946. The molecule has 3 N–H and O–H groups in total. The molecule has 0 atom stereocenters. The fraction of sp³-hybridized carbons (Fsp3) is 0.400. The van der Waals surface area contributed by atoms with Crippen molar-refractivity contribution in [1.29, 1.82) is 0 Å². The first-order valence-corrected chi connectivity index (χ1v) is 6.48. The van der Waals surface area contributed by atoms with Crippen molar-refractivity contribution in [1.82, 2.24) is 10.3 Å². The van der Waals surface area contributed by atoms with Gasteiger partial charge in [-0.25, -0.2) is 0 Å². The van der Waals surface area contributed by atoms with Crippen LogP contribution in [0.2, 0.25) is 0 Å². The number of rotatable bonds is 5. The van der Waals surface area contributed by atoms with Crippen LogP contribution in [0.5, 0.6) is 0 Å². The van der Waals surface area contributed by atoms with Crippen molar-refractivity contribution in [3.63, 3.8) is 0 Å². The van der Waals surface area contributed by atoms with Gasteiger partial charge in [-0.2, -0.15) is 0 Å². The minimum absolute atomic E-state index is 0.0749. The Kier molecular flexibility index (Phi) is 3.90. The summed E-state index contributed by atoms with van der Waals surface area (Å²) in [7, 11) is 0. The summed E-state index contributed by atoms with van der Waals surface area (Å²) in [5, 5.41) is 12.9. The molecule has 0 fully saturated rings. The van der Waals surface area contributed by atoms with Gasteiger partial charge in [0.25, 0.3) is 5.91 Å². The molecule has 2 aromatic rings. The molecule has 1 aromatic carbocycles. The SMILES string of the molecule is CC(C)(CCO)CNC(=O)c1ccc2[nH]ccc2c1. The van der Waals surface area contributed by atoms with Gasteiger partial charge in [0.15, 0.2) is 0 Å². The maximum absolute atomic E-state index is 12.1. The average molecular weight is 260 g/mol. The normalized spacial score (nSPS) is 11.7. The fourth-order valence-electron chi connectivity index (χ4n) is 2.01. The Morgan fingerprint density at radius 3 is 2.89 bits per heavy atom. The van der Waals surface area contributed by atoms with Crippen molar-refractivity contribution in [2.75, 3.05) is 13.2 Å². The molecule has 0 saturated carbocycles. The molecule has 0 aliphatic carbocycles. The average Bonchev–Trinajstić information content (AvgIpc) is 2.83. The summed E-state index contributed by atoms with van der Waals surface area (Å²) in [5.74, 6) is -0.0749. The predicted molar refractivity (Wildman–Crippen MR) is 76.1 cm³/mol. The van der Waals surface area contributed by atoms with Gasteiger partial charge in [-0.15, -0.1) is 0 Å². The molecule has 0 unspecified atom stereocenters. The van der Waals surface area contributed by atoms with E-state index in [1.54, 1.807) is 0 Å². The standard InChI is InChI=1S/C15H20N2O2/c1-15(2,6-8-18)10-17-14(19)12-3-4-13-11(9-12)5-7-16-13/h3-5,7,9,16,18H,6,8,10H2,1-2H3,(H,17,19). The Bertz CT molecular complexity index is 572. The number of aromatic amines is 1. The molecule has 0 bridgehead atoms. The second-order valence-electron chi connectivity index (χ2n) is 5.60.